The van der Waals surface area contributed by atoms with Crippen LogP contribution in [0, 0.1) is 5.41 Å². The summed E-state index contributed by atoms with van der Waals surface area (Å²) in [4.78, 5) is 32.4. The third-order valence-electron chi connectivity index (χ3n) is 6.26. The van der Waals surface area contributed by atoms with E-state index in [-0.39, 0.29) is 17.9 Å². The molecule has 1 aliphatic heterocycles. The monoisotopic (exact) mass is 441 g/mol. The summed E-state index contributed by atoms with van der Waals surface area (Å²) in [7, 11) is 0. The summed E-state index contributed by atoms with van der Waals surface area (Å²) < 4.78 is 0. The highest BCUT2D eigenvalue weighted by atomic mass is 16.2. The minimum Gasteiger partial charge on any atom is -0.353 e. The lowest BCUT2D eigenvalue weighted by molar-refractivity contribution is -0.133. The van der Waals surface area contributed by atoms with Gasteiger partial charge in [-0.05, 0) is 55.0 Å². The Kier molecular flexibility index (Phi) is 6.87. The van der Waals surface area contributed by atoms with E-state index in [0.717, 1.165) is 22.3 Å². The van der Waals surface area contributed by atoms with Crippen LogP contribution in [0.3, 0.4) is 0 Å². The van der Waals surface area contributed by atoms with Crippen LogP contribution in [-0.4, -0.2) is 40.8 Å². The van der Waals surface area contributed by atoms with Gasteiger partial charge in [0.15, 0.2) is 0 Å². The number of carbonyl (C=O) groups excluding carboxylic acids is 2. The zero-order valence-electron chi connectivity index (χ0n) is 19.3. The zero-order chi connectivity index (χ0) is 23.3. The van der Waals surface area contributed by atoms with Crippen molar-refractivity contribution in [1.82, 2.24) is 15.2 Å². The number of likely N-dealkylation sites (tertiary alicyclic amines) is 1. The number of hydrogen-bond acceptors (Lipinski definition) is 3. The molecule has 0 bridgehead atoms. The molecule has 1 unspecified atom stereocenters. The van der Waals surface area contributed by atoms with E-state index in [9.17, 15) is 9.59 Å². The molecule has 5 nitrogen and oxygen atoms in total. The highest BCUT2D eigenvalue weighted by Gasteiger charge is 2.46. The van der Waals surface area contributed by atoms with Gasteiger partial charge in [-0.15, -0.1) is 0 Å². The molecule has 1 atom stereocenters. The van der Waals surface area contributed by atoms with Crippen molar-refractivity contribution in [3.63, 3.8) is 0 Å². The number of nitrogens with zero attached hydrogens (tertiary/aromatic N) is 2. The predicted molar refractivity (Wildman–Crippen MR) is 130 cm³/mol. The molecule has 2 aromatic carbocycles. The molecule has 1 fully saturated rings. The number of pyridine rings is 1. The minimum absolute atomic E-state index is 0.0271. The average molecular weight is 442 g/mol. The molecule has 33 heavy (non-hydrogen) atoms. The number of nitrogens with one attached hydrogen (secondary N) is 1. The quantitative estimate of drug-likeness (QED) is 0.595. The topological polar surface area (TPSA) is 62.3 Å². The summed E-state index contributed by atoms with van der Waals surface area (Å²) in [6.07, 6.45) is 4.98. The highest BCUT2D eigenvalue weighted by Crippen LogP contribution is 2.36. The summed E-state index contributed by atoms with van der Waals surface area (Å²) in [5, 5.41) is 3.11. The number of carbonyl (C=O) groups is 2. The molecular weight excluding hydrogens is 410 g/mol. The van der Waals surface area contributed by atoms with E-state index in [1.54, 1.807) is 12.4 Å². The number of rotatable bonds is 7. The van der Waals surface area contributed by atoms with Crippen molar-refractivity contribution in [1.29, 1.82) is 0 Å². The van der Waals surface area contributed by atoms with Crippen LogP contribution >= 0.6 is 0 Å². The van der Waals surface area contributed by atoms with Crippen LogP contribution < -0.4 is 5.32 Å². The Hall–Kier alpha value is -3.47. The second-order valence-corrected chi connectivity index (χ2v) is 9.26. The van der Waals surface area contributed by atoms with Gasteiger partial charge >= 0.3 is 0 Å². The molecule has 5 heteroatoms. The molecule has 0 saturated carbocycles. The molecule has 0 aliphatic carbocycles. The predicted octanol–water partition coefficient (Wildman–Crippen LogP) is 4.28. The lowest BCUT2D eigenvalue weighted by Crippen LogP contribution is -2.47. The van der Waals surface area contributed by atoms with Gasteiger partial charge < -0.3 is 10.2 Å². The average Bonchev–Trinajstić information content (AvgIpc) is 3.26. The first kappa shape index (κ1) is 22.7. The smallest absolute Gasteiger partial charge is 0.228 e. The Morgan fingerprint density at radius 3 is 2.48 bits per heavy atom. The van der Waals surface area contributed by atoms with E-state index in [1.807, 2.05) is 55.1 Å². The van der Waals surface area contributed by atoms with E-state index in [0.29, 0.717) is 32.4 Å². The molecule has 0 spiro atoms. The number of hydrogen-bond donors (Lipinski definition) is 1. The lowest BCUT2D eigenvalue weighted by Gasteiger charge is -2.29. The Morgan fingerprint density at radius 2 is 1.76 bits per heavy atom. The molecule has 1 N–H and O–H groups in total. The largest absolute Gasteiger partial charge is 0.353 e. The Balaban J connectivity index is 1.56. The lowest BCUT2D eigenvalue weighted by atomic mass is 9.79. The van der Waals surface area contributed by atoms with E-state index >= 15 is 0 Å². The maximum Gasteiger partial charge on any atom is 0.228 e. The van der Waals surface area contributed by atoms with Crippen molar-refractivity contribution in [3.8, 4) is 11.1 Å². The third-order valence-corrected chi connectivity index (χ3v) is 6.26. The van der Waals surface area contributed by atoms with Crippen molar-refractivity contribution in [2.75, 3.05) is 13.1 Å². The van der Waals surface area contributed by atoms with Gasteiger partial charge in [-0.3, -0.25) is 14.6 Å². The van der Waals surface area contributed by atoms with Crippen molar-refractivity contribution in [3.05, 3.63) is 90.3 Å². The Bertz CT molecular complexity index is 1100. The maximum absolute atomic E-state index is 13.4. The van der Waals surface area contributed by atoms with Crippen LogP contribution in [0.4, 0.5) is 0 Å². The SMILES string of the molecule is CC(C)NC(=O)C1(Cc2cccc(-c3ccccc3)c2)CCN(C(=O)Cc2cccnc2)C1. The normalized spacial score (nSPS) is 17.8. The van der Waals surface area contributed by atoms with Gasteiger partial charge in [-0.2, -0.15) is 0 Å². The number of benzene rings is 2. The van der Waals surface area contributed by atoms with Crippen molar-refractivity contribution in [2.45, 2.75) is 39.2 Å². The van der Waals surface area contributed by atoms with E-state index in [1.165, 1.54) is 0 Å². The summed E-state index contributed by atoms with van der Waals surface area (Å²) in [5.41, 5.74) is 3.65. The van der Waals surface area contributed by atoms with Crippen LogP contribution in [0.5, 0.6) is 0 Å². The van der Waals surface area contributed by atoms with Crippen LogP contribution in [0.2, 0.25) is 0 Å². The zero-order valence-corrected chi connectivity index (χ0v) is 19.3. The van der Waals surface area contributed by atoms with Gasteiger partial charge in [0.25, 0.3) is 0 Å². The number of amides is 2. The number of aromatic nitrogens is 1. The summed E-state index contributed by atoms with van der Waals surface area (Å²) in [5.74, 6) is 0.0690. The Morgan fingerprint density at radius 1 is 1.00 bits per heavy atom. The molecule has 4 rings (SSSR count). The van der Waals surface area contributed by atoms with Crippen LogP contribution in [0.15, 0.2) is 79.1 Å². The van der Waals surface area contributed by atoms with E-state index < -0.39 is 5.41 Å². The van der Waals surface area contributed by atoms with Gasteiger partial charge in [-0.25, -0.2) is 0 Å². The van der Waals surface area contributed by atoms with Gasteiger partial charge in [0.1, 0.15) is 0 Å². The molecule has 1 aliphatic rings. The van der Waals surface area contributed by atoms with Gasteiger partial charge in [0, 0.05) is 31.5 Å². The molecule has 2 amide bonds. The molecule has 1 saturated heterocycles. The molecule has 3 aromatic rings. The fourth-order valence-electron chi connectivity index (χ4n) is 4.58. The van der Waals surface area contributed by atoms with E-state index in [4.69, 9.17) is 0 Å². The standard InChI is InChI=1S/C28H31N3O2/c1-21(2)30-27(33)28(13-15-31(20-28)26(32)17-23-9-7-14-29-19-23)18-22-8-6-12-25(16-22)24-10-4-3-5-11-24/h3-12,14,16,19,21H,13,15,17-18,20H2,1-2H3,(H,30,33). The molecular formula is C28H31N3O2. The minimum atomic E-state index is -0.635. The third kappa shape index (κ3) is 5.48. The molecule has 2 heterocycles. The van der Waals surface area contributed by atoms with Crippen molar-refractivity contribution < 1.29 is 9.59 Å². The van der Waals surface area contributed by atoms with E-state index in [2.05, 4.69) is 40.6 Å². The second-order valence-electron chi connectivity index (χ2n) is 9.26. The summed E-state index contributed by atoms with van der Waals surface area (Å²) in [6, 6.07) is 22.4. The summed E-state index contributed by atoms with van der Waals surface area (Å²) in [6.45, 7) is 4.97. The second kappa shape index (κ2) is 9.99. The van der Waals surface area contributed by atoms with Gasteiger partial charge in [-0.1, -0.05) is 60.7 Å². The summed E-state index contributed by atoms with van der Waals surface area (Å²) >= 11 is 0. The van der Waals surface area contributed by atoms with Crippen molar-refractivity contribution >= 4 is 11.8 Å². The first-order valence-corrected chi connectivity index (χ1v) is 11.6. The molecule has 1 aromatic heterocycles. The maximum atomic E-state index is 13.4. The first-order chi connectivity index (χ1) is 15.9. The van der Waals surface area contributed by atoms with Crippen molar-refractivity contribution in [2.24, 2.45) is 5.41 Å². The fourth-order valence-corrected chi connectivity index (χ4v) is 4.58. The van der Waals surface area contributed by atoms with Gasteiger partial charge in [0.05, 0.1) is 11.8 Å². The van der Waals surface area contributed by atoms with Crippen LogP contribution in [0.25, 0.3) is 11.1 Å². The first-order valence-electron chi connectivity index (χ1n) is 11.6. The van der Waals surface area contributed by atoms with Crippen LogP contribution in [0.1, 0.15) is 31.4 Å². The molecule has 0 radical (unpaired) electrons. The van der Waals surface area contributed by atoms with Crippen LogP contribution in [-0.2, 0) is 22.4 Å². The highest BCUT2D eigenvalue weighted by molar-refractivity contribution is 5.86. The van der Waals surface area contributed by atoms with Gasteiger partial charge in [0.2, 0.25) is 11.8 Å². The Labute approximate surface area is 195 Å². The fraction of sp³-hybridized carbons (Fsp3) is 0.321. The molecule has 170 valence electrons.